The maximum Gasteiger partial charge on any atom is 0.273 e. The molecule has 25 heavy (non-hydrogen) atoms. The number of halogens is 1. The van der Waals surface area contributed by atoms with Crippen molar-refractivity contribution in [2.45, 2.75) is 6.10 Å². The van der Waals surface area contributed by atoms with Crippen LogP contribution in [0.2, 0.25) is 0 Å². The molecule has 0 aliphatic heterocycles. The van der Waals surface area contributed by atoms with Gasteiger partial charge in [-0.2, -0.15) is 5.10 Å². The molecule has 6 nitrogen and oxygen atoms in total. The fourth-order valence-corrected chi connectivity index (χ4v) is 2.89. The molecule has 0 saturated carbocycles. The number of rotatable bonds is 7. The third-order valence-corrected chi connectivity index (χ3v) is 4.01. The van der Waals surface area contributed by atoms with Crippen molar-refractivity contribution in [1.82, 2.24) is 5.43 Å². The van der Waals surface area contributed by atoms with E-state index in [1.165, 1.54) is 13.3 Å². The minimum atomic E-state index is -0.726. The predicted molar refractivity (Wildman–Crippen MR) is 99.2 cm³/mol. The lowest BCUT2D eigenvalue weighted by molar-refractivity contribution is -0.131. The average molecular weight is 407 g/mol. The van der Waals surface area contributed by atoms with Crippen LogP contribution in [0.4, 0.5) is 0 Å². The van der Waals surface area contributed by atoms with E-state index in [0.717, 1.165) is 15.6 Å². The van der Waals surface area contributed by atoms with Gasteiger partial charge < -0.3 is 14.2 Å². The van der Waals surface area contributed by atoms with Crippen LogP contribution in [0.5, 0.6) is 11.5 Å². The zero-order valence-electron chi connectivity index (χ0n) is 14.2. The number of hydrazone groups is 1. The van der Waals surface area contributed by atoms with E-state index in [-0.39, 0.29) is 5.91 Å². The van der Waals surface area contributed by atoms with E-state index in [9.17, 15) is 4.79 Å². The highest BCUT2D eigenvalue weighted by Crippen LogP contribution is 2.35. The molecular formula is C18H19BrN2O4. The molecule has 2 aromatic carbocycles. The van der Waals surface area contributed by atoms with E-state index < -0.39 is 6.10 Å². The van der Waals surface area contributed by atoms with Crippen molar-refractivity contribution >= 4 is 28.1 Å². The second-order valence-electron chi connectivity index (χ2n) is 5.00. The lowest BCUT2D eigenvalue weighted by Crippen LogP contribution is -2.26. The number of carbonyl (C=O) groups excluding carboxylic acids is 1. The molecule has 0 saturated heterocycles. The summed E-state index contributed by atoms with van der Waals surface area (Å²) in [6, 6.07) is 12.8. The summed E-state index contributed by atoms with van der Waals surface area (Å²) >= 11 is 3.41. The van der Waals surface area contributed by atoms with Gasteiger partial charge in [-0.1, -0.05) is 30.3 Å². The maximum absolute atomic E-state index is 12.3. The van der Waals surface area contributed by atoms with Crippen LogP contribution in [0.1, 0.15) is 17.2 Å². The van der Waals surface area contributed by atoms with Gasteiger partial charge in [0.2, 0.25) is 0 Å². The maximum atomic E-state index is 12.3. The van der Waals surface area contributed by atoms with Crippen molar-refractivity contribution in [3.05, 3.63) is 58.1 Å². The summed E-state index contributed by atoms with van der Waals surface area (Å²) in [4.78, 5) is 12.3. The van der Waals surface area contributed by atoms with Crippen molar-refractivity contribution in [3.63, 3.8) is 0 Å². The molecule has 132 valence electrons. The molecular weight excluding hydrogens is 388 g/mol. The fourth-order valence-electron chi connectivity index (χ4n) is 2.26. The number of methoxy groups -OCH3 is 3. The van der Waals surface area contributed by atoms with Crippen LogP contribution < -0.4 is 14.9 Å². The molecule has 1 N–H and O–H groups in total. The third-order valence-electron chi connectivity index (χ3n) is 3.42. The summed E-state index contributed by atoms with van der Waals surface area (Å²) < 4.78 is 16.5. The van der Waals surface area contributed by atoms with E-state index in [1.54, 1.807) is 20.3 Å². The Bertz CT molecular complexity index is 750. The number of nitrogens with one attached hydrogen (secondary N) is 1. The Morgan fingerprint density at radius 2 is 1.88 bits per heavy atom. The van der Waals surface area contributed by atoms with Gasteiger partial charge in [-0.05, 0) is 39.2 Å². The minimum Gasteiger partial charge on any atom is -0.493 e. The lowest BCUT2D eigenvalue weighted by atomic mass is 10.1. The largest absolute Gasteiger partial charge is 0.493 e. The molecule has 2 aromatic rings. The first kappa shape index (κ1) is 19.0. The molecule has 0 aliphatic rings. The molecule has 1 atom stereocenters. The number of hydrogen-bond donors (Lipinski definition) is 1. The van der Waals surface area contributed by atoms with Crippen LogP contribution in [0, 0.1) is 0 Å². The monoisotopic (exact) mass is 406 g/mol. The SMILES string of the molecule is COc1cc(C=NNC(=O)C(OC)c2ccccc2)cc(Br)c1OC. The first-order chi connectivity index (χ1) is 12.1. The third kappa shape index (κ3) is 4.80. The number of nitrogens with zero attached hydrogens (tertiary/aromatic N) is 1. The Balaban J connectivity index is 2.10. The second-order valence-corrected chi connectivity index (χ2v) is 5.85. The molecule has 1 unspecified atom stereocenters. The summed E-state index contributed by atoms with van der Waals surface area (Å²) in [6.07, 6.45) is 0.790. The Hall–Kier alpha value is -2.38. The van der Waals surface area contributed by atoms with Gasteiger partial charge in [0.1, 0.15) is 0 Å². The fraction of sp³-hybridized carbons (Fsp3) is 0.222. The quantitative estimate of drug-likeness (QED) is 0.565. The molecule has 2 rings (SSSR count). The molecule has 0 bridgehead atoms. The van der Waals surface area contributed by atoms with Crippen molar-refractivity contribution in [1.29, 1.82) is 0 Å². The Labute approximate surface area is 154 Å². The highest BCUT2D eigenvalue weighted by molar-refractivity contribution is 9.10. The summed E-state index contributed by atoms with van der Waals surface area (Å²) in [6.45, 7) is 0. The molecule has 0 aromatic heterocycles. The van der Waals surface area contributed by atoms with Crippen molar-refractivity contribution in [3.8, 4) is 11.5 Å². The van der Waals surface area contributed by atoms with Gasteiger partial charge in [0.15, 0.2) is 17.6 Å². The number of hydrogen-bond acceptors (Lipinski definition) is 5. The molecule has 0 aliphatic carbocycles. The highest BCUT2D eigenvalue weighted by Gasteiger charge is 2.19. The van der Waals surface area contributed by atoms with Gasteiger partial charge in [0.25, 0.3) is 5.91 Å². The van der Waals surface area contributed by atoms with Crippen LogP contribution in [0.3, 0.4) is 0 Å². The Kier molecular flexibility index (Phi) is 6.97. The zero-order chi connectivity index (χ0) is 18.2. The number of ether oxygens (including phenoxy) is 3. The minimum absolute atomic E-state index is 0.357. The van der Waals surface area contributed by atoms with Crippen LogP contribution in [-0.2, 0) is 9.53 Å². The molecule has 1 amide bonds. The van der Waals surface area contributed by atoms with Crippen LogP contribution in [-0.4, -0.2) is 33.5 Å². The molecule has 0 spiro atoms. The van der Waals surface area contributed by atoms with Gasteiger partial charge in [-0.3, -0.25) is 4.79 Å². The van der Waals surface area contributed by atoms with Gasteiger partial charge in [0.05, 0.1) is 24.9 Å². The topological polar surface area (TPSA) is 69.2 Å². The number of carbonyl (C=O) groups is 1. The summed E-state index contributed by atoms with van der Waals surface area (Å²) in [5.41, 5.74) is 3.98. The molecule has 0 radical (unpaired) electrons. The van der Waals surface area contributed by atoms with Crippen molar-refractivity contribution in [2.24, 2.45) is 5.10 Å². The Morgan fingerprint density at radius 3 is 2.48 bits per heavy atom. The van der Waals surface area contributed by atoms with E-state index >= 15 is 0 Å². The highest BCUT2D eigenvalue weighted by atomic mass is 79.9. The number of amides is 1. The molecule has 7 heteroatoms. The molecule has 0 heterocycles. The van der Waals surface area contributed by atoms with Crippen molar-refractivity contribution < 1.29 is 19.0 Å². The van der Waals surface area contributed by atoms with Gasteiger partial charge in [-0.15, -0.1) is 0 Å². The first-order valence-electron chi connectivity index (χ1n) is 7.43. The van der Waals surface area contributed by atoms with Crippen LogP contribution in [0.25, 0.3) is 0 Å². The number of benzene rings is 2. The van der Waals surface area contributed by atoms with E-state index in [4.69, 9.17) is 14.2 Å². The first-order valence-corrected chi connectivity index (χ1v) is 8.22. The van der Waals surface area contributed by atoms with Gasteiger partial charge in [-0.25, -0.2) is 5.43 Å². The zero-order valence-corrected chi connectivity index (χ0v) is 15.7. The smallest absolute Gasteiger partial charge is 0.273 e. The lowest BCUT2D eigenvalue weighted by Gasteiger charge is -2.13. The van der Waals surface area contributed by atoms with E-state index in [1.807, 2.05) is 36.4 Å². The second kappa shape index (κ2) is 9.19. The average Bonchev–Trinajstić information content (AvgIpc) is 2.62. The van der Waals surface area contributed by atoms with E-state index in [2.05, 4.69) is 26.5 Å². The van der Waals surface area contributed by atoms with Crippen molar-refractivity contribution in [2.75, 3.05) is 21.3 Å². The van der Waals surface area contributed by atoms with Crippen LogP contribution in [0.15, 0.2) is 52.0 Å². The predicted octanol–water partition coefficient (Wildman–Crippen LogP) is 3.30. The van der Waals surface area contributed by atoms with Gasteiger partial charge >= 0.3 is 0 Å². The van der Waals surface area contributed by atoms with Crippen LogP contribution >= 0.6 is 15.9 Å². The van der Waals surface area contributed by atoms with Gasteiger partial charge in [0, 0.05) is 7.11 Å². The summed E-state index contributed by atoms with van der Waals surface area (Å²) in [5.74, 6) is 0.792. The van der Waals surface area contributed by atoms with E-state index in [0.29, 0.717) is 11.5 Å². The summed E-state index contributed by atoms with van der Waals surface area (Å²) in [5, 5.41) is 3.99. The normalized spacial score (nSPS) is 12.0. The standard InChI is InChI=1S/C18H19BrN2O4/c1-23-15-10-12(9-14(19)17(15)25-3)11-20-21-18(22)16(24-2)13-7-5-4-6-8-13/h4-11,16H,1-3H3,(H,21,22). The molecule has 0 fully saturated rings. The summed E-state index contributed by atoms with van der Waals surface area (Å²) in [7, 11) is 4.59. The Morgan fingerprint density at radius 1 is 1.16 bits per heavy atom.